The lowest BCUT2D eigenvalue weighted by Gasteiger charge is -2.12. The minimum Gasteiger partial charge on any atom is -0.755 e. The summed E-state index contributed by atoms with van der Waals surface area (Å²) in [4.78, 5) is 0. The van der Waals surface area contributed by atoms with Crippen LogP contribution in [0.1, 0.15) is 18.1 Å². The van der Waals surface area contributed by atoms with Gasteiger partial charge in [-0.1, -0.05) is 24.6 Å². The number of rotatable bonds is 3. The van der Waals surface area contributed by atoms with Gasteiger partial charge in [0.2, 0.25) is 0 Å². The summed E-state index contributed by atoms with van der Waals surface area (Å²) in [5, 5.41) is 0. The molecule has 0 aliphatic rings. The Morgan fingerprint density at radius 2 is 2.23 bits per heavy atom. The molecule has 1 N–H and O–H groups in total. The van der Waals surface area contributed by atoms with Gasteiger partial charge in [0.05, 0.1) is 0 Å². The van der Waals surface area contributed by atoms with Crippen molar-refractivity contribution in [2.24, 2.45) is 0 Å². The standard InChI is InChI=1S/C9H13NO2S/c1-3-8-6-7(2)4-5-9(8)10-13(11)12/h4-6,10H,3H2,1-2H3,(H,11,12)/p-1. The minimum atomic E-state index is -2.24. The van der Waals surface area contributed by atoms with Crippen LogP contribution in [0.2, 0.25) is 0 Å². The van der Waals surface area contributed by atoms with E-state index in [0.29, 0.717) is 5.69 Å². The van der Waals surface area contributed by atoms with E-state index in [1.807, 2.05) is 26.0 Å². The van der Waals surface area contributed by atoms with Crippen LogP contribution in [0.5, 0.6) is 0 Å². The summed E-state index contributed by atoms with van der Waals surface area (Å²) < 4.78 is 23.2. The van der Waals surface area contributed by atoms with Gasteiger partial charge in [-0.25, -0.2) is 0 Å². The lowest BCUT2D eigenvalue weighted by Crippen LogP contribution is -2.04. The summed E-state index contributed by atoms with van der Waals surface area (Å²) in [6, 6.07) is 5.65. The van der Waals surface area contributed by atoms with Gasteiger partial charge in [0.25, 0.3) is 0 Å². The lowest BCUT2D eigenvalue weighted by atomic mass is 10.1. The molecule has 1 atom stereocenters. The quantitative estimate of drug-likeness (QED) is 0.752. The van der Waals surface area contributed by atoms with Gasteiger partial charge in [-0.15, -0.1) is 0 Å². The highest BCUT2D eigenvalue weighted by Gasteiger charge is 1.99. The molecule has 0 aliphatic heterocycles. The number of hydrogen-bond acceptors (Lipinski definition) is 2. The highest BCUT2D eigenvalue weighted by molar-refractivity contribution is 7.80. The number of anilines is 1. The summed E-state index contributed by atoms with van der Waals surface area (Å²) in [5.41, 5.74) is 2.82. The van der Waals surface area contributed by atoms with Crippen molar-refractivity contribution >= 4 is 17.0 Å². The first-order chi connectivity index (χ1) is 6.13. The van der Waals surface area contributed by atoms with E-state index in [4.69, 9.17) is 0 Å². The van der Waals surface area contributed by atoms with Crippen LogP contribution in [0.25, 0.3) is 0 Å². The molecule has 1 unspecified atom stereocenters. The second kappa shape index (κ2) is 4.39. The lowest BCUT2D eigenvalue weighted by molar-refractivity contribution is 0.542. The monoisotopic (exact) mass is 198 g/mol. The summed E-state index contributed by atoms with van der Waals surface area (Å²) in [5.74, 6) is 0. The highest BCUT2D eigenvalue weighted by atomic mass is 32.2. The molecule has 0 fully saturated rings. The predicted octanol–water partition coefficient (Wildman–Crippen LogP) is 1.76. The van der Waals surface area contributed by atoms with Crippen LogP contribution < -0.4 is 4.72 Å². The van der Waals surface area contributed by atoms with Crippen molar-refractivity contribution in [2.75, 3.05) is 4.72 Å². The van der Waals surface area contributed by atoms with Crippen molar-refractivity contribution in [3.63, 3.8) is 0 Å². The topological polar surface area (TPSA) is 52.2 Å². The Morgan fingerprint density at radius 1 is 1.54 bits per heavy atom. The molecule has 0 radical (unpaired) electrons. The Bertz CT molecular complexity index is 325. The predicted molar refractivity (Wildman–Crippen MR) is 53.1 cm³/mol. The molecule has 3 nitrogen and oxygen atoms in total. The van der Waals surface area contributed by atoms with E-state index in [1.165, 1.54) is 0 Å². The third-order valence-electron chi connectivity index (χ3n) is 1.83. The summed E-state index contributed by atoms with van der Waals surface area (Å²) >= 11 is -2.24. The second-order valence-electron chi connectivity index (χ2n) is 2.85. The Hall–Kier alpha value is -0.870. The van der Waals surface area contributed by atoms with Gasteiger partial charge in [-0.05, 0) is 25.0 Å². The molecule has 1 aromatic rings. The van der Waals surface area contributed by atoms with Crippen molar-refractivity contribution in [3.05, 3.63) is 29.3 Å². The Balaban J connectivity index is 2.99. The molecule has 0 heterocycles. The van der Waals surface area contributed by atoms with Gasteiger partial charge >= 0.3 is 0 Å². The van der Waals surface area contributed by atoms with Crippen molar-refractivity contribution < 1.29 is 8.76 Å². The van der Waals surface area contributed by atoms with E-state index < -0.39 is 11.3 Å². The van der Waals surface area contributed by atoms with Crippen molar-refractivity contribution in [1.29, 1.82) is 0 Å². The number of nitrogens with one attached hydrogen (secondary N) is 1. The minimum absolute atomic E-state index is 0.668. The van der Waals surface area contributed by atoms with Crippen LogP contribution in [0.4, 0.5) is 5.69 Å². The molecule has 0 amide bonds. The number of benzene rings is 1. The van der Waals surface area contributed by atoms with Crippen LogP contribution in [-0.4, -0.2) is 8.76 Å². The SMILES string of the molecule is CCc1cc(C)ccc1NS(=O)[O-]. The summed E-state index contributed by atoms with van der Waals surface area (Å²) in [6.07, 6.45) is 0.821. The first kappa shape index (κ1) is 10.2. The molecule has 0 saturated heterocycles. The molecular formula is C9H12NO2S-. The Labute approximate surface area is 80.6 Å². The molecular weight excluding hydrogens is 186 g/mol. The van der Waals surface area contributed by atoms with Gasteiger partial charge in [-0.2, -0.15) is 0 Å². The molecule has 0 saturated carbocycles. The zero-order valence-corrected chi connectivity index (χ0v) is 8.48. The third-order valence-corrected chi connectivity index (χ3v) is 2.22. The number of hydrogen-bond donors (Lipinski definition) is 1. The van der Waals surface area contributed by atoms with Crippen LogP contribution in [0, 0.1) is 6.92 Å². The zero-order chi connectivity index (χ0) is 9.84. The Morgan fingerprint density at radius 3 is 2.77 bits per heavy atom. The van der Waals surface area contributed by atoms with Crippen LogP contribution in [0.3, 0.4) is 0 Å². The third kappa shape index (κ3) is 2.82. The average Bonchev–Trinajstić information content (AvgIpc) is 2.07. The van der Waals surface area contributed by atoms with E-state index in [-0.39, 0.29) is 0 Å². The normalized spacial score (nSPS) is 12.5. The first-order valence-electron chi connectivity index (χ1n) is 4.09. The van der Waals surface area contributed by atoms with Crippen molar-refractivity contribution in [2.45, 2.75) is 20.3 Å². The molecule has 0 spiro atoms. The molecule has 0 bridgehead atoms. The molecule has 72 valence electrons. The molecule has 4 heteroatoms. The largest absolute Gasteiger partial charge is 0.755 e. The molecule has 0 aliphatic carbocycles. The fourth-order valence-electron chi connectivity index (χ4n) is 1.20. The van der Waals surface area contributed by atoms with Crippen LogP contribution >= 0.6 is 0 Å². The number of aryl methyl sites for hydroxylation is 2. The first-order valence-corrected chi connectivity index (χ1v) is 5.16. The highest BCUT2D eigenvalue weighted by Crippen LogP contribution is 2.17. The van der Waals surface area contributed by atoms with Gasteiger partial charge < -0.3 is 9.27 Å². The van der Waals surface area contributed by atoms with E-state index in [1.54, 1.807) is 6.07 Å². The maximum absolute atomic E-state index is 10.4. The van der Waals surface area contributed by atoms with Gasteiger partial charge in [0, 0.05) is 17.0 Å². The van der Waals surface area contributed by atoms with Crippen LogP contribution in [-0.2, 0) is 17.7 Å². The van der Waals surface area contributed by atoms with Gasteiger partial charge in [0.15, 0.2) is 0 Å². The Kier molecular flexibility index (Phi) is 3.45. The van der Waals surface area contributed by atoms with Crippen molar-refractivity contribution in [1.82, 2.24) is 0 Å². The van der Waals surface area contributed by atoms with E-state index in [2.05, 4.69) is 4.72 Å². The van der Waals surface area contributed by atoms with Crippen molar-refractivity contribution in [3.8, 4) is 0 Å². The van der Waals surface area contributed by atoms with Gasteiger partial charge in [-0.3, -0.25) is 4.21 Å². The van der Waals surface area contributed by atoms with Crippen LogP contribution in [0.15, 0.2) is 18.2 Å². The van der Waals surface area contributed by atoms with E-state index >= 15 is 0 Å². The fraction of sp³-hybridized carbons (Fsp3) is 0.333. The maximum atomic E-state index is 10.4. The molecule has 13 heavy (non-hydrogen) atoms. The summed E-state index contributed by atoms with van der Waals surface area (Å²) in [6.45, 7) is 3.98. The van der Waals surface area contributed by atoms with E-state index in [0.717, 1.165) is 17.5 Å². The second-order valence-corrected chi connectivity index (χ2v) is 3.52. The van der Waals surface area contributed by atoms with E-state index in [9.17, 15) is 8.76 Å². The molecule has 1 aromatic carbocycles. The van der Waals surface area contributed by atoms with Gasteiger partial charge in [0.1, 0.15) is 0 Å². The molecule has 1 rings (SSSR count). The average molecular weight is 198 g/mol. The molecule has 0 aromatic heterocycles. The maximum Gasteiger partial charge on any atom is 0.0484 e. The zero-order valence-electron chi connectivity index (χ0n) is 7.66. The smallest absolute Gasteiger partial charge is 0.0484 e. The summed E-state index contributed by atoms with van der Waals surface area (Å²) in [7, 11) is 0. The fourth-order valence-corrected chi connectivity index (χ4v) is 1.58.